The molecule has 0 aliphatic heterocycles. The Balaban J connectivity index is 2.03. The van der Waals surface area contributed by atoms with E-state index in [-0.39, 0.29) is 0 Å². The molecule has 0 radical (unpaired) electrons. The summed E-state index contributed by atoms with van der Waals surface area (Å²) >= 11 is 0. The maximum atomic E-state index is 2.61. The second kappa shape index (κ2) is 2.63. The van der Waals surface area contributed by atoms with Gasteiger partial charge >= 0.3 is 0 Å². The van der Waals surface area contributed by atoms with E-state index in [2.05, 4.69) is 27.7 Å². The van der Waals surface area contributed by atoms with Gasteiger partial charge in [-0.2, -0.15) is 0 Å². The smallest absolute Gasteiger partial charge is 0.0158 e. The van der Waals surface area contributed by atoms with E-state index < -0.39 is 0 Å². The summed E-state index contributed by atoms with van der Waals surface area (Å²) in [6.07, 6.45) is 9.03. The summed E-state index contributed by atoms with van der Waals surface area (Å²) in [6, 6.07) is 0. The first-order valence-electron chi connectivity index (χ1n) is 6.93. The van der Waals surface area contributed by atoms with Crippen molar-refractivity contribution >= 4 is 0 Å². The highest BCUT2D eigenvalue weighted by Gasteiger charge is 2.73. The van der Waals surface area contributed by atoms with Crippen LogP contribution in [-0.4, -0.2) is 0 Å². The highest BCUT2D eigenvalue weighted by atomic mass is 14.8. The molecular formula is C15H26. The van der Waals surface area contributed by atoms with Crippen LogP contribution < -0.4 is 0 Å². The van der Waals surface area contributed by atoms with E-state index in [0.29, 0.717) is 10.8 Å². The first-order chi connectivity index (χ1) is 6.93. The minimum atomic E-state index is 0.624. The topological polar surface area (TPSA) is 0 Å². The fourth-order valence-corrected chi connectivity index (χ4v) is 5.73. The molecule has 3 fully saturated rings. The van der Waals surface area contributed by atoms with E-state index in [9.17, 15) is 0 Å². The Hall–Kier alpha value is 0. The summed E-state index contributed by atoms with van der Waals surface area (Å²) in [5.74, 6) is 2.09. The molecule has 4 unspecified atom stereocenters. The van der Waals surface area contributed by atoms with Crippen molar-refractivity contribution in [1.29, 1.82) is 0 Å². The van der Waals surface area contributed by atoms with E-state index >= 15 is 0 Å². The summed E-state index contributed by atoms with van der Waals surface area (Å²) in [6.45, 7) is 10.2. The van der Waals surface area contributed by atoms with Gasteiger partial charge in [-0.25, -0.2) is 0 Å². The first kappa shape index (κ1) is 10.2. The van der Waals surface area contributed by atoms with Gasteiger partial charge in [-0.1, -0.05) is 34.1 Å². The molecule has 3 saturated carbocycles. The number of hydrogen-bond donors (Lipinski definition) is 0. The van der Waals surface area contributed by atoms with Crippen LogP contribution in [0.15, 0.2) is 0 Å². The van der Waals surface area contributed by atoms with Crippen LogP contribution in [0, 0.1) is 28.1 Å². The summed E-state index contributed by atoms with van der Waals surface area (Å²) in [4.78, 5) is 0. The Labute approximate surface area is 94.8 Å². The van der Waals surface area contributed by atoms with Crippen molar-refractivity contribution in [2.24, 2.45) is 28.1 Å². The SMILES string of the molecule is CC1CCC2(C)CCCC(C)(C)C23CC13. The third kappa shape index (κ3) is 0.996. The molecule has 0 bridgehead atoms. The molecule has 0 aromatic heterocycles. The van der Waals surface area contributed by atoms with Gasteiger partial charge in [0, 0.05) is 0 Å². The fraction of sp³-hybridized carbons (Fsp3) is 1.00. The predicted octanol–water partition coefficient (Wildman–Crippen LogP) is 4.64. The van der Waals surface area contributed by atoms with Crippen LogP contribution in [0.2, 0.25) is 0 Å². The molecule has 1 spiro atoms. The van der Waals surface area contributed by atoms with Crippen LogP contribution in [0.5, 0.6) is 0 Å². The quantitative estimate of drug-likeness (QED) is 0.541. The Morgan fingerprint density at radius 3 is 2.47 bits per heavy atom. The Kier molecular flexibility index (Phi) is 1.78. The third-order valence-corrected chi connectivity index (χ3v) is 6.67. The molecular weight excluding hydrogens is 180 g/mol. The summed E-state index contributed by atoms with van der Waals surface area (Å²) in [5.41, 5.74) is 2.07. The van der Waals surface area contributed by atoms with E-state index in [1.165, 1.54) is 32.1 Å². The van der Waals surface area contributed by atoms with Gasteiger partial charge in [0.15, 0.2) is 0 Å². The van der Waals surface area contributed by atoms with E-state index in [1.807, 2.05) is 0 Å². The van der Waals surface area contributed by atoms with Crippen LogP contribution in [0.1, 0.15) is 66.2 Å². The van der Waals surface area contributed by atoms with E-state index in [4.69, 9.17) is 0 Å². The third-order valence-electron chi connectivity index (χ3n) is 6.67. The monoisotopic (exact) mass is 206 g/mol. The van der Waals surface area contributed by atoms with Crippen molar-refractivity contribution in [3.8, 4) is 0 Å². The Morgan fingerprint density at radius 1 is 1.00 bits per heavy atom. The highest BCUT2D eigenvalue weighted by Crippen LogP contribution is 2.81. The zero-order valence-electron chi connectivity index (χ0n) is 10.9. The summed E-state index contributed by atoms with van der Waals surface area (Å²) in [5, 5.41) is 0. The molecule has 0 heterocycles. The van der Waals surface area contributed by atoms with Crippen molar-refractivity contribution in [2.45, 2.75) is 66.2 Å². The highest BCUT2D eigenvalue weighted by molar-refractivity contribution is 5.22. The molecule has 0 amide bonds. The minimum Gasteiger partial charge on any atom is -0.0622 e. The van der Waals surface area contributed by atoms with Crippen LogP contribution >= 0.6 is 0 Å². The normalized spacial score (nSPS) is 56.8. The second-order valence-corrected chi connectivity index (χ2v) is 7.60. The van der Waals surface area contributed by atoms with Crippen LogP contribution in [0.4, 0.5) is 0 Å². The van der Waals surface area contributed by atoms with Crippen molar-refractivity contribution in [3.05, 3.63) is 0 Å². The lowest BCUT2D eigenvalue weighted by molar-refractivity contribution is -0.0689. The molecule has 0 aromatic carbocycles. The van der Waals surface area contributed by atoms with Gasteiger partial charge in [0.25, 0.3) is 0 Å². The molecule has 86 valence electrons. The van der Waals surface area contributed by atoms with Crippen molar-refractivity contribution < 1.29 is 0 Å². The van der Waals surface area contributed by atoms with Gasteiger partial charge in [-0.05, 0) is 60.2 Å². The standard InChI is InChI=1S/C15H26/c1-11-6-9-14(4)8-5-7-13(2,3)15(14)10-12(11)15/h11-12H,5-10H2,1-4H3. The lowest BCUT2D eigenvalue weighted by atomic mass is 9.49. The van der Waals surface area contributed by atoms with Gasteiger partial charge in [0.2, 0.25) is 0 Å². The van der Waals surface area contributed by atoms with Crippen molar-refractivity contribution in [2.75, 3.05) is 0 Å². The molecule has 3 aliphatic rings. The predicted molar refractivity (Wildman–Crippen MR) is 64.7 cm³/mol. The van der Waals surface area contributed by atoms with Crippen molar-refractivity contribution in [3.63, 3.8) is 0 Å². The molecule has 3 aliphatic carbocycles. The zero-order chi connectivity index (χ0) is 10.9. The van der Waals surface area contributed by atoms with Gasteiger partial charge in [0.1, 0.15) is 0 Å². The molecule has 0 saturated heterocycles. The Morgan fingerprint density at radius 2 is 1.73 bits per heavy atom. The maximum Gasteiger partial charge on any atom is -0.0158 e. The van der Waals surface area contributed by atoms with Gasteiger partial charge in [0.05, 0.1) is 0 Å². The molecule has 0 heteroatoms. The fourth-order valence-electron chi connectivity index (χ4n) is 5.73. The second-order valence-electron chi connectivity index (χ2n) is 7.60. The largest absolute Gasteiger partial charge is 0.0622 e. The minimum absolute atomic E-state index is 0.624. The first-order valence-corrected chi connectivity index (χ1v) is 6.93. The number of hydrogen-bond acceptors (Lipinski definition) is 0. The summed E-state index contributed by atoms with van der Waals surface area (Å²) in [7, 11) is 0. The molecule has 4 atom stereocenters. The molecule has 15 heavy (non-hydrogen) atoms. The van der Waals surface area contributed by atoms with Gasteiger partial charge < -0.3 is 0 Å². The van der Waals surface area contributed by atoms with Gasteiger partial charge in [-0.15, -0.1) is 0 Å². The molecule has 0 nitrogen and oxygen atoms in total. The molecule has 0 N–H and O–H groups in total. The van der Waals surface area contributed by atoms with Crippen LogP contribution in [0.3, 0.4) is 0 Å². The molecule has 0 aromatic rings. The van der Waals surface area contributed by atoms with Gasteiger partial charge in [-0.3, -0.25) is 0 Å². The summed E-state index contributed by atoms with van der Waals surface area (Å²) < 4.78 is 0. The van der Waals surface area contributed by atoms with Crippen LogP contribution in [-0.2, 0) is 0 Å². The lowest BCUT2D eigenvalue weighted by Gasteiger charge is -2.56. The Bertz CT molecular complexity index is 290. The average Bonchev–Trinajstić information content (AvgIpc) is 2.88. The number of rotatable bonds is 0. The molecule has 3 rings (SSSR count). The average molecular weight is 206 g/mol. The lowest BCUT2D eigenvalue weighted by Crippen LogP contribution is -2.48. The van der Waals surface area contributed by atoms with Crippen LogP contribution in [0.25, 0.3) is 0 Å². The van der Waals surface area contributed by atoms with Crippen molar-refractivity contribution in [1.82, 2.24) is 0 Å². The van der Waals surface area contributed by atoms with E-state index in [0.717, 1.165) is 17.3 Å². The maximum absolute atomic E-state index is 2.61. The van der Waals surface area contributed by atoms with E-state index in [1.54, 1.807) is 6.42 Å². The zero-order valence-corrected chi connectivity index (χ0v) is 10.9.